The van der Waals surface area contributed by atoms with Crippen LogP contribution in [0.15, 0.2) is 0 Å². The van der Waals surface area contributed by atoms with Crippen molar-refractivity contribution in [1.82, 2.24) is 5.32 Å². The van der Waals surface area contributed by atoms with Crippen LogP contribution in [0.5, 0.6) is 0 Å². The number of rotatable bonds is 1. The number of carbonyl (C=O) groups excluding carboxylic acids is 1. The number of hydrogen-bond acceptors (Lipinski definition) is 4. The molecule has 0 bridgehead atoms. The fraction of sp³-hybridized carbons (Fsp3) is 0.818. The molecule has 2 atom stereocenters. The van der Waals surface area contributed by atoms with Gasteiger partial charge in [0.05, 0.1) is 12.0 Å². The van der Waals surface area contributed by atoms with Crippen LogP contribution in [0, 0.1) is 17.2 Å². The van der Waals surface area contributed by atoms with Crippen LogP contribution in [0.25, 0.3) is 0 Å². The van der Waals surface area contributed by atoms with Crippen molar-refractivity contribution >= 4 is 17.9 Å². The maximum Gasteiger partial charge on any atom is 0.407 e. The van der Waals surface area contributed by atoms with Gasteiger partial charge in [0.2, 0.25) is 0 Å². The number of amides is 1. The number of nitriles is 1. The molecule has 1 saturated heterocycles. The average molecular weight is 242 g/mol. The largest absolute Gasteiger partial charge is 0.444 e. The Kier molecular flexibility index (Phi) is 4.48. The van der Waals surface area contributed by atoms with E-state index in [-0.39, 0.29) is 12.0 Å². The number of alkyl carbamates (subject to hydrolysis) is 1. The highest BCUT2D eigenvalue weighted by atomic mass is 32.2. The van der Waals surface area contributed by atoms with Crippen LogP contribution >= 0.6 is 11.8 Å². The Hall–Kier alpha value is -0.890. The summed E-state index contributed by atoms with van der Waals surface area (Å²) in [5, 5.41) is 11.7. The summed E-state index contributed by atoms with van der Waals surface area (Å²) in [4.78, 5) is 11.5. The minimum atomic E-state index is -0.490. The Morgan fingerprint density at radius 3 is 2.81 bits per heavy atom. The van der Waals surface area contributed by atoms with E-state index in [2.05, 4.69) is 11.4 Å². The molecule has 0 unspecified atom stereocenters. The molecule has 0 aliphatic carbocycles. The molecule has 1 N–H and O–H groups in total. The van der Waals surface area contributed by atoms with E-state index in [9.17, 15) is 4.79 Å². The lowest BCUT2D eigenvalue weighted by Gasteiger charge is -2.28. The number of nitrogens with zero attached hydrogens (tertiary/aromatic N) is 1. The van der Waals surface area contributed by atoms with Crippen molar-refractivity contribution in [2.75, 3.05) is 11.5 Å². The van der Waals surface area contributed by atoms with Gasteiger partial charge in [-0.15, -0.1) is 0 Å². The van der Waals surface area contributed by atoms with Gasteiger partial charge in [-0.05, 0) is 32.9 Å². The second-order valence-electron chi connectivity index (χ2n) is 4.85. The van der Waals surface area contributed by atoms with Gasteiger partial charge in [-0.25, -0.2) is 4.79 Å². The molecule has 1 amide bonds. The average Bonchev–Trinajstić information content (AvgIpc) is 2.15. The van der Waals surface area contributed by atoms with Gasteiger partial charge < -0.3 is 10.1 Å². The molecule has 1 aliphatic rings. The standard InChI is InChI=1S/C11H18N2O2S/c1-11(2,3)15-10(14)13-9-4-5-16-7-8(9)6-12/h8-9H,4-5,7H2,1-3H3,(H,13,14)/t8-,9+/m0/s1. The van der Waals surface area contributed by atoms with Gasteiger partial charge in [-0.2, -0.15) is 17.0 Å². The van der Waals surface area contributed by atoms with E-state index >= 15 is 0 Å². The topological polar surface area (TPSA) is 62.1 Å². The van der Waals surface area contributed by atoms with Crippen LogP contribution in [-0.2, 0) is 4.74 Å². The summed E-state index contributed by atoms with van der Waals surface area (Å²) in [7, 11) is 0. The fourth-order valence-corrected chi connectivity index (χ4v) is 2.64. The Balaban J connectivity index is 2.46. The lowest BCUT2D eigenvalue weighted by molar-refractivity contribution is 0.0493. The van der Waals surface area contributed by atoms with Crippen molar-refractivity contribution < 1.29 is 9.53 Å². The molecule has 0 aromatic carbocycles. The first kappa shape index (κ1) is 13.2. The van der Waals surface area contributed by atoms with Gasteiger partial charge in [-0.1, -0.05) is 0 Å². The molecule has 90 valence electrons. The molecule has 16 heavy (non-hydrogen) atoms. The molecule has 0 spiro atoms. The van der Waals surface area contributed by atoms with E-state index in [0.717, 1.165) is 17.9 Å². The highest BCUT2D eigenvalue weighted by Crippen LogP contribution is 2.23. The van der Waals surface area contributed by atoms with E-state index in [4.69, 9.17) is 10.00 Å². The van der Waals surface area contributed by atoms with Crippen LogP contribution in [0.2, 0.25) is 0 Å². The third kappa shape index (κ3) is 4.31. The van der Waals surface area contributed by atoms with Crippen molar-refractivity contribution in [3.63, 3.8) is 0 Å². The first-order chi connectivity index (χ1) is 7.42. The molecule has 1 rings (SSSR count). The monoisotopic (exact) mass is 242 g/mol. The maximum absolute atomic E-state index is 11.5. The normalized spacial score (nSPS) is 25.6. The second kappa shape index (κ2) is 5.44. The van der Waals surface area contributed by atoms with Crippen LogP contribution in [0.3, 0.4) is 0 Å². The summed E-state index contributed by atoms with van der Waals surface area (Å²) in [6.45, 7) is 5.47. The van der Waals surface area contributed by atoms with Crippen molar-refractivity contribution in [1.29, 1.82) is 5.26 Å². The van der Waals surface area contributed by atoms with E-state index in [0.29, 0.717) is 0 Å². The number of carbonyl (C=O) groups is 1. The fourth-order valence-electron chi connectivity index (χ4n) is 1.50. The van der Waals surface area contributed by atoms with Crippen molar-refractivity contribution in [3.8, 4) is 6.07 Å². The summed E-state index contributed by atoms with van der Waals surface area (Å²) in [5.74, 6) is 1.67. The summed E-state index contributed by atoms with van der Waals surface area (Å²) in [6.07, 6.45) is 0.409. The molecule has 1 fully saturated rings. The summed E-state index contributed by atoms with van der Waals surface area (Å²) in [5.41, 5.74) is -0.490. The highest BCUT2D eigenvalue weighted by Gasteiger charge is 2.28. The zero-order chi connectivity index (χ0) is 12.2. The lowest BCUT2D eigenvalue weighted by Crippen LogP contribution is -2.45. The maximum atomic E-state index is 11.5. The lowest BCUT2D eigenvalue weighted by atomic mass is 10.0. The smallest absolute Gasteiger partial charge is 0.407 e. The van der Waals surface area contributed by atoms with E-state index < -0.39 is 11.7 Å². The van der Waals surface area contributed by atoms with Crippen LogP contribution < -0.4 is 5.32 Å². The summed E-state index contributed by atoms with van der Waals surface area (Å²) >= 11 is 1.76. The van der Waals surface area contributed by atoms with E-state index in [1.807, 2.05) is 20.8 Å². The molecule has 1 aliphatic heterocycles. The molecule has 0 aromatic rings. The molecule has 1 heterocycles. The zero-order valence-electron chi connectivity index (χ0n) is 9.95. The van der Waals surface area contributed by atoms with Gasteiger partial charge in [0.1, 0.15) is 5.60 Å². The number of ether oxygens (including phenoxy) is 1. The van der Waals surface area contributed by atoms with E-state index in [1.165, 1.54) is 0 Å². The van der Waals surface area contributed by atoms with Crippen LogP contribution in [0.1, 0.15) is 27.2 Å². The number of thioether (sulfide) groups is 1. The third-order valence-corrected chi connectivity index (χ3v) is 3.34. The van der Waals surface area contributed by atoms with E-state index in [1.54, 1.807) is 11.8 Å². The Labute approximate surface area is 101 Å². The summed E-state index contributed by atoms with van der Waals surface area (Å²) in [6, 6.07) is 2.16. The first-order valence-corrected chi connectivity index (χ1v) is 6.55. The minimum Gasteiger partial charge on any atom is -0.444 e. The van der Waals surface area contributed by atoms with Gasteiger partial charge in [0.25, 0.3) is 0 Å². The molecule has 0 aromatic heterocycles. The van der Waals surface area contributed by atoms with Crippen LogP contribution in [0.4, 0.5) is 4.79 Å². The molecular formula is C11H18N2O2S. The van der Waals surface area contributed by atoms with Crippen molar-refractivity contribution in [2.24, 2.45) is 5.92 Å². The molecule has 0 radical (unpaired) electrons. The SMILES string of the molecule is CC(C)(C)OC(=O)N[C@@H]1CCSC[C@@H]1C#N. The van der Waals surface area contributed by atoms with Crippen molar-refractivity contribution in [2.45, 2.75) is 38.8 Å². The first-order valence-electron chi connectivity index (χ1n) is 5.39. The molecule has 4 nitrogen and oxygen atoms in total. The predicted molar refractivity (Wildman–Crippen MR) is 64.2 cm³/mol. The Morgan fingerprint density at radius 1 is 1.56 bits per heavy atom. The Bertz CT molecular complexity index is 293. The zero-order valence-corrected chi connectivity index (χ0v) is 10.8. The number of nitrogens with one attached hydrogen (secondary N) is 1. The number of hydrogen-bond donors (Lipinski definition) is 1. The Morgan fingerprint density at radius 2 is 2.25 bits per heavy atom. The molecule has 5 heteroatoms. The minimum absolute atomic E-state index is 0.0684. The van der Waals surface area contributed by atoms with Gasteiger partial charge in [0.15, 0.2) is 0 Å². The quantitative estimate of drug-likeness (QED) is 0.765. The van der Waals surface area contributed by atoms with Gasteiger partial charge >= 0.3 is 6.09 Å². The predicted octanol–water partition coefficient (Wildman–Crippen LogP) is 2.16. The third-order valence-electron chi connectivity index (χ3n) is 2.22. The second-order valence-corrected chi connectivity index (χ2v) is 6.00. The summed E-state index contributed by atoms with van der Waals surface area (Å²) < 4.78 is 5.17. The highest BCUT2D eigenvalue weighted by molar-refractivity contribution is 7.99. The van der Waals surface area contributed by atoms with Gasteiger partial charge in [0, 0.05) is 11.8 Å². The van der Waals surface area contributed by atoms with Crippen molar-refractivity contribution in [3.05, 3.63) is 0 Å². The van der Waals surface area contributed by atoms with Crippen LogP contribution in [-0.4, -0.2) is 29.2 Å². The molecular weight excluding hydrogens is 224 g/mol. The molecule has 0 saturated carbocycles. The van der Waals surface area contributed by atoms with Gasteiger partial charge in [-0.3, -0.25) is 0 Å².